The van der Waals surface area contributed by atoms with Crippen LogP contribution < -0.4 is 10.6 Å². The van der Waals surface area contributed by atoms with E-state index in [1.165, 1.54) is 0 Å². The summed E-state index contributed by atoms with van der Waals surface area (Å²) in [5.41, 5.74) is 1.84. The molecule has 3 amide bonds. The van der Waals surface area contributed by atoms with Crippen LogP contribution in [0, 0.1) is 5.92 Å². The minimum absolute atomic E-state index is 0.00940. The monoisotopic (exact) mass is 621 g/mol. The summed E-state index contributed by atoms with van der Waals surface area (Å²) in [5, 5.41) is 15.4. The highest BCUT2D eigenvalue weighted by Gasteiger charge is 2.26. The van der Waals surface area contributed by atoms with Gasteiger partial charge in [-0.25, -0.2) is 4.79 Å². The van der Waals surface area contributed by atoms with E-state index in [0.29, 0.717) is 51.6 Å². The fourth-order valence-electron chi connectivity index (χ4n) is 5.01. The molecule has 10 nitrogen and oxygen atoms in total. The molecule has 0 fully saturated rings. The van der Waals surface area contributed by atoms with Gasteiger partial charge in [0.25, 0.3) is 0 Å². The minimum Gasteiger partial charge on any atom is -0.463 e. The smallest absolute Gasteiger partial charge is 0.407 e. The molecule has 0 radical (unpaired) electrons. The van der Waals surface area contributed by atoms with Crippen LogP contribution in [0.3, 0.4) is 0 Å². The maximum Gasteiger partial charge on any atom is 0.407 e. The molecule has 45 heavy (non-hydrogen) atoms. The van der Waals surface area contributed by atoms with Crippen molar-refractivity contribution in [3.05, 3.63) is 83.9 Å². The number of benzene rings is 2. The van der Waals surface area contributed by atoms with Crippen molar-refractivity contribution in [2.24, 2.45) is 5.92 Å². The number of carbonyl (C=O) groups excluding carboxylic acids is 4. The zero-order valence-electron chi connectivity index (χ0n) is 26.0. The molecular weight excluding hydrogens is 574 g/mol. The van der Waals surface area contributed by atoms with Crippen molar-refractivity contribution in [3.63, 3.8) is 0 Å². The van der Waals surface area contributed by atoms with E-state index in [9.17, 15) is 24.3 Å². The summed E-state index contributed by atoms with van der Waals surface area (Å²) in [7, 11) is 0. The van der Waals surface area contributed by atoms with Gasteiger partial charge >= 0.3 is 12.1 Å². The maximum atomic E-state index is 13.5. The van der Waals surface area contributed by atoms with Crippen molar-refractivity contribution in [1.29, 1.82) is 0 Å². The molecule has 2 aromatic carbocycles. The molecule has 0 aromatic heterocycles. The normalized spacial score (nSPS) is 17.8. The number of carbonyl (C=O) groups is 4. The number of nitrogens with one attached hydrogen (secondary N) is 2. The van der Waals surface area contributed by atoms with E-state index in [2.05, 4.69) is 10.6 Å². The number of alkyl carbamates (subject to hydrolysis) is 1. The minimum atomic E-state index is -0.618. The first-order valence-corrected chi connectivity index (χ1v) is 15.9. The number of rotatable bonds is 13. The molecule has 0 spiro atoms. The van der Waals surface area contributed by atoms with Gasteiger partial charge in [0.15, 0.2) is 0 Å². The van der Waals surface area contributed by atoms with Crippen LogP contribution in [0.2, 0.25) is 0 Å². The van der Waals surface area contributed by atoms with Gasteiger partial charge in [-0.1, -0.05) is 72.8 Å². The van der Waals surface area contributed by atoms with Crippen LogP contribution in [-0.2, 0) is 37.0 Å². The second-order valence-corrected chi connectivity index (χ2v) is 11.3. The van der Waals surface area contributed by atoms with E-state index < -0.39 is 18.1 Å². The molecule has 1 aliphatic rings. The van der Waals surface area contributed by atoms with Gasteiger partial charge in [-0.2, -0.15) is 0 Å². The van der Waals surface area contributed by atoms with Gasteiger partial charge in [-0.3, -0.25) is 14.4 Å². The van der Waals surface area contributed by atoms with Gasteiger partial charge in [0, 0.05) is 32.5 Å². The number of esters is 1. The van der Waals surface area contributed by atoms with E-state index in [1.807, 2.05) is 72.8 Å². The highest BCUT2D eigenvalue weighted by molar-refractivity contribution is 5.86. The summed E-state index contributed by atoms with van der Waals surface area (Å²) < 4.78 is 10.7. The Morgan fingerprint density at radius 2 is 1.71 bits per heavy atom. The first-order valence-electron chi connectivity index (χ1n) is 15.9. The molecule has 0 unspecified atom stereocenters. The summed E-state index contributed by atoms with van der Waals surface area (Å²) >= 11 is 0. The number of cyclic esters (lactones) is 1. The Balaban J connectivity index is 1.56. The Hall–Kier alpha value is -4.18. The van der Waals surface area contributed by atoms with E-state index in [0.717, 1.165) is 24.0 Å². The van der Waals surface area contributed by atoms with Gasteiger partial charge < -0.3 is 30.1 Å². The van der Waals surface area contributed by atoms with E-state index >= 15 is 0 Å². The topological polar surface area (TPSA) is 134 Å². The summed E-state index contributed by atoms with van der Waals surface area (Å²) in [6.07, 6.45) is 8.29. The Bertz CT molecular complexity index is 1210. The van der Waals surface area contributed by atoms with Crippen molar-refractivity contribution in [2.45, 2.75) is 77.0 Å². The lowest BCUT2D eigenvalue weighted by Crippen LogP contribution is -2.44. The second kappa shape index (κ2) is 20.7. The van der Waals surface area contributed by atoms with Gasteiger partial charge in [-0.05, 0) is 56.1 Å². The third kappa shape index (κ3) is 14.4. The summed E-state index contributed by atoms with van der Waals surface area (Å²) in [6, 6.07) is 18.5. The van der Waals surface area contributed by atoms with Crippen molar-refractivity contribution in [2.75, 3.05) is 26.3 Å². The summed E-state index contributed by atoms with van der Waals surface area (Å²) in [6.45, 7) is 0.967. The predicted molar refractivity (Wildman–Crippen MR) is 171 cm³/mol. The number of ether oxygens (including phenoxy) is 2. The van der Waals surface area contributed by atoms with Crippen molar-refractivity contribution < 1.29 is 33.8 Å². The fourth-order valence-corrected chi connectivity index (χ4v) is 5.01. The van der Waals surface area contributed by atoms with Crippen LogP contribution in [0.15, 0.2) is 72.8 Å². The average Bonchev–Trinajstić information content (AvgIpc) is 3.05. The van der Waals surface area contributed by atoms with E-state index in [1.54, 1.807) is 4.90 Å². The molecule has 2 aromatic rings. The van der Waals surface area contributed by atoms with Crippen molar-refractivity contribution in [3.8, 4) is 0 Å². The molecule has 1 aliphatic heterocycles. The molecule has 0 aliphatic carbocycles. The van der Waals surface area contributed by atoms with Crippen LogP contribution in [0.1, 0.15) is 68.9 Å². The predicted octanol–water partition coefficient (Wildman–Crippen LogP) is 4.66. The van der Waals surface area contributed by atoms with Crippen LogP contribution in [0.5, 0.6) is 0 Å². The Morgan fingerprint density at radius 1 is 0.978 bits per heavy atom. The molecule has 0 saturated carbocycles. The molecular formula is C35H47N3O7. The Labute approximate surface area is 266 Å². The van der Waals surface area contributed by atoms with Gasteiger partial charge in [0.1, 0.15) is 13.2 Å². The van der Waals surface area contributed by atoms with Crippen molar-refractivity contribution in [1.82, 2.24) is 15.5 Å². The third-order valence-corrected chi connectivity index (χ3v) is 7.57. The fraction of sp³-hybridized carbons (Fsp3) is 0.486. The number of aliphatic hydroxyl groups excluding tert-OH is 1. The van der Waals surface area contributed by atoms with Crippen LogP contribution in [0.4, 0.5) is 4.79 Å². The highest BCUT2D eigenvalue weighted by Crippen LogP contribution is 2.17. The molecule has 10 heteroatoms. The van der Waals surface area contributed by atoms with Crippen LogP contribution >= 0.6 is 0 Å². The maximum absolute atomic E-state index is 13.5. The number of aliphatic hydroxyl groups is 1. The molecule has 3 rings (SSSR count). The van der Waals surface area contributed by atoms with Crippen LogP contribution in [0.25, 0.3) is 0 Å². The van der Waals surface area contributed by atoms with E-state index in [4.69, 9.17) is 9.47 Å². The third-order valence-electron chi connectivity index (χ3n) is 7.57. The number of hydrogen-bond acceptors (Lipinski definition) is 7. The molecule has 0 saturated heterocycles. The van der Waals surface area contributed by atoms with Crippen LogP contribution in [-0.4, -0.2) is 66.2 Å². The number of nitrogens with zero attached hydrogens (tertiary/aromatic N) is 1. The van der Waals surface area contributed by atoms with Gasteiger partial charge in [-0.15, -0.1) is 0 Å². The Morgan fingerprint density at radius 3 is 2.44 bits per heavy atom. The van der Waals surface area contributed by atoms with Crippen molar-refractivity contribution >= 4 is 23.9 Å². The number of amides is 3. The average molecular weight is 622 g/mol. The number of unbranched alkanes of at least 4 members (excludes halogenated alkanes) is 1. The molecule has 1 heterocycles. The summed E-state index contributed by atoms with van der Waals surface area (Å²) in [5.74, 6) is -1.41. The zero-order chi connectivity index (χ0) is 32.1. The lowest BCUT2D eigenvalue weighted by Gasteiger charge is -2.26. The standard InChI is InChI=1S/C35H47N3O7/c39-23-22-38(25-28-14-6-4-7-15-28)32(40)24-30-18-10-2-1-3-11-20-33(41)44-27-31(37-34(30)42)19-12-13-21-36-35(43)45-26-29-16-8-5-9-17-29/h2,4-10,14-17,30-31,39H,1,3,11-13,18-27H2,(H,36,43)(H,37,42)/t30-,31+/m1/s1. The quantitative estimate of drug-likeness (QED) is 0.168. The largest absolute Gasteiger partial charge is 0.463 e. The Kier molecular flexibility index (Phi) is 16.3. The molecule has 3 N–H and O–H groups in total. The zero-order valence-corrected chi connectivity index (χ0v) is 26.0. The summed E-state index contributed by atoms with van der Waals surface area (Å²) in [4.78, 5) is 52.8. The van der Waals surface area contributed by atoms with Gasteiger partial charge in [0.2, 0.25) is 11.8 Å². The first kappa shape index (κ1) is 35.3. The highest BCUT2D eigenvalue weighted by atomic mass is 16.5. The number of hydrogen-bond donors (Lipinski definition) is 3. The van der Waals surface area contributed by atoms with Gasteiger partial charge in [0.05, 0.1) is 18.6 Å². The molecule has 244 valence electrons. The van der Waals surface area contributed by atoms with E-state index in [-0.39, 0.29) is 50.6 Å². The second-order valence-electron chi connectivity index (χ2n) is 11.3. The lowest BCUT2D eigenvalue weighted by atomic mass is 9.97. The molecule has 0 bridgehead atoms. The number of allylic oxidation sites excluding steroid dienone is 2. The SMILES string of the molecule is O=C1CCCCC=CC[C@H](CC(=O)N(CCO)Cc2ccccc2)C(=O)N[C@@H](CCCCNC(=O)OCc2ccccc2)CO1. The molecule has 2 atom stereocenters. The first-order chi connectivity index (χ1) is 21.9. The lowest BCUT2D eigenvalue weighted by molar-refractivity contribution is -0.145.